The number of para-hydroxylation sites is 2. The predicted octanol–water partition coefficient (Wildman–Crippen LogP) is 10.8. The summed E-state index contributed by atoms with van der Waals surface area (Å²) in [7, 11) is 0. The van der Waals surface area contributed by atoms with Gasteiger partial charge in [0, 0.05) is 28.2 Å². The number of benzene rings is 5. The van der Waals surface area contributed by atoms with Crippen LogP contribution < -0.4 is 26.2 Å². The highest BCUT2D eigenvalue weighted by Crippen LogP contribution is 2.54. The Morgan fingerprint density at radius 2 is 1.05 bits per heavy atom. The van der Waals surface area contributed by atoms with Crippen LogP contribution in [-0.4, -0.2) is 16.7 Å². The molecule has 0 atom stereocenters. The third-order valence-electron chi connectivity index (χ3n) is 13.8. The first-order valence-electron chi connectivity index (χ1n) is 20.6. The molecule has 10 rings (SSSR count). The summed E-state index contributed by atoms with van der Waals surface area (Å²) in [6.07, 6.45) is 2.23. The van der Waals surface area contributed by atoms with Gasteiger partial charge in [-0.25, -0.2) is 4.98 Å². The standard InChI is InChI=1S/C51H53BN4/c1-47(2)30-48(3,4)37-27-34(25-26-35(37)47)56-42-29-39-38(49(5,6)31-50(39,7)8)28-41(42)52-40-24-18-17-23-36(40)51(9,10)44-43(52)45(56)54-46(53-44)55(32-19-13-11-14-20-32)33-21-15-12-16-22-33/h11-29H,30-31H2,1-10H3. The fourth-order valence-corrected chi connectivity index (χ4v) is 11.9. The lowest BCUT2D eigenvalue weighted by molar-refractivity contribution is 0.403. The molecule has 3 heterocycles. The molecule has 5 heteroatoms. The Bertz CT molecular complexity index is 2540. The first kappa shape index (κ1) is 35.3. The minimum absolute atomic E-state index is 0.000962. The van der Waals surface area contributed by atoms with Crippen molar-refractivity contribution in [3.8, 4) is 0 Å². The van der Waals surface area contributed by atoms with E-state index < -0.39 is 0 Å². The topological polar surface area (TPSA) is 32.3 Å². The van der Waals surface area contributed by atoms with Crippen molar-refractivity contribution in [1.82, 2.24) is 9.97 Å². The van der Waals surface area contributed by atoms with E-state index in [1.54, 1.807) is 0 Å². The highest BCUT2D eigenvalue weighted by Gasteiger charge is 2.51. The second-order valence-electron chi connectivity index (χ2n) is 20.2. The summed E-state index contributed by atoms with van der Waals surface area (Å²) in [6, 6.07) is 42.8. The fourth-order valence-electron chi connectivity index (χ4n) is 11.9. The molecule has 0 fully saturated rings. The molecular weight excluding hydrogens is 679 g/mol. The summed E-state index contributed by atoms with van der Waals surface area (Å²) in [5.74, 6) is 1.66. The number of nitrogens with zero attached hydrogens (tertiary/aromatic N) is 4. The van der Waals surface area contributed by atoms with Crippen LogP contribution in [0.1, 0.15) is 116 Å². The quantitative estimate of drug-likeness (QED) is 0.169. The summed E-state index contributed by atoms with van der Waals surface area (Å²) < 4.78 is 0. The normalized spacial score (nSPS) is 19.4. The Labute approximate surface area is 334 Å². The van der Waals surface area contributed by atoms with E-state index in [0.29, 0.717) is 5.95 Å². The van der Waals surface area contributed by atoms with Crippen molar-refractivity contribution < 1.29 is 0 Å². The van der Waals surface area contributed by atoms with Crippen LogP contribution in [0.15, 0.2) is 115 Å². The summed E-state index contributed by atoms with van der Waals surface area (Å²) in [6.45, 7) is 24.1. The van der Waals surface area contributed by atoms with Crippen LogP contribution in [0.5, 0.6) is 0 Å². The van der Waals surface area contributed by atoms with Gasteiger partial charge in [-0.15, -0.1) is 0 Å². The van der Waals surface area contributed by atoms with Gasteiger partial charge in [-0.1, -0.05) is 147 Å². The molecule has 0 N–H and O–H groups in total. The van der Waals surface area contributed by atoms with Gasteiger partial charge in [-0.05, 0) is 116 Å². The highest BCUT2D eigenvalue weighted by atomic mass is 15.3. The predicted molar refractivity (Wildman–Crippen MR) is 236 cm³/mol. The lowest BCUT2D eigenvalue weighted by atomic mass is 9.31. The number of hydrogen-bond acceptors (Lipinski definition) is 4. The van der Waals surface area contributed by atoms with E-state index in [0.717, 1.165) is 35.7 Å². The molecular formula is C51H53BN4. The average molecular weight is 733 g/mol. The van der Waals surface area contributed by atoms with Crippen molar-refractivity contribution in [2.75, 3.05) is 9.80 Å². The lowest BCUT2D eigenvalue weighted by Gasteiger charge is -2.45. The van der Waals surface area contributed by atoms with Crippen LogP contribution in [0.4, 0.5) is 34.5 Å². The minimum Gasteiger partial charge on any atom is -0.296 e. The third kappa shape index (κ3) is 4.91. The van der Waals surface area contributed by atoms with Gasteiger partial charge in [0.1, 0.15) is 5.82 Å². The summed E-state index contributed by atoms with van der Waals surface area (Å²) in [5.41, 5.74) is 16.5. The van der Waals surface area contributed by atoms with Crippen molar-refractivity contribution in [2.45, 2.75) is 109 Å². The molecule has 0 saturated heterocycles. The van der Waals surface area contributed by atoms with Crippen molar-refractivity contribution >= 4 is 57.6 Å². The van der Waals surface area contributed by atoms with Gasteiger partial charge < -0.3 is 0 Å². The summed E-state index contributed by atoms with van der Waals surface area (Å²) in [4.78, 5) is 16.3. The van der Waals surface area contributed by atoms with Gasteiger partial charge in [-0.2, -0.15) is 4.98 Å². The van der Waals surface area contributed by atoms with E-state index in [1.165, 1.54) is 55.6 Å². The molecule has 4 nitrogen and oxygen atoms in total. The number of fused-ring (bicyclic) bond motifs is 6. The Kier molecular flexibility index (Phi) is 7.22. The fraction of sp³-hybridized carbons (Fsp3) is 0.333. The molecule has 2 aliphatic heterocycles. The van der Waals surface area contributed by atoms with Crippen LogP contribution in [0.25, 0.3) is 0 Å². The second-order valence-corrected chi connectivity index (χ2v) is 20.2. The monoisotopic (exact) mass is 732 g/mol. The Morgan fingerprint density at radius 3 is 1.68 bits per heavy atom. The zero-order valence-corrected chi connectivity index (χ0v) is 34.8. The Balaban J connectivity index is 1.34. The molecule has 0 bridgehead atoms. The molecule has 1 aromatic heterocycles. The molecule has 5 aromatic carbocycles. The van der Waals surface area contributed by atoms with E-state index in [-0.39, 0.29) is 33.8 Å². The number of hydrogen-bond donors (Lipinski definition) is 0. The largest absolute Gasteiger partial charge is 0.296 e. The molecule has 6 aromatic rings. The van der Waals surface area contributed by atoms with E-state index in [4.69, 9.17) is 9.97 Å². The molecule has 0 saturated carbocycles. The Hall–Kier alpha value is -5.16. The zero-order chi connectivity index (χ0) is 39.2. The van der Waals surface area contributed by atoms with Gasteiger partial charge >= 0.3 is 0 Å². The molecule has 0 amide bonds. The first-order chi connectivity index (χ1) is 26.5. The molecule has 0 unspecified atom stereocenters. The molecule has 2 aliphatic carbocycles. The molecule has 56 heavy (non-hydrogen) atoms. The SMILES string of the molecule is CC1(C)CC(C)(C)c2cc(N3c4cc5c(cc4B4c6ccccc6C(C)(C)c6nc(N(c7ccccc7)c7ccccc7)nc3c64)C(C)(C)CC5(C)C)ccc21. The third-order valence-corrected chi connectivity index (χ3v) is 13.8. The maximum Gasteiger partial charge on any atom is 0.251 e. The van der Waals surface area contributed by atoms with Gasteiger partial charge in [0.2, 0.25) is 5.95 Å². The van der Waals surface area contributed by atoms with Crippen molar-refractivity contribution in [1.29, 1.82) is 0 Å². The number of rotatable bonds is 4. The van der Waals surface area contributed by atoms with Crippen molar-refractivity contribution in [3.05, 3.63) is 149 Å². The lowest BCUT2D eigenvalue weighted by Crippen LogP contribution is -2.65. The number of anilines is 6. The maximum atomic E-state index is 5.81. The van der Waals surface area contributed by atoms with Crippen molar-refractivity contribution in [3.63, 3.8) is 0 Å². The van der Waals surface area contributed by atoms with Crippen LogP contribution >= 0.6 is 0 Å². The van der Waals surface area contributed by atoms with Crippen molar-refractivity contribution in [2.24, 2.45) is 0 Å². The van der Waals surface area contributed by atoms with E-state index in [9.17, 15) is 0 Å². The maximum absolute atomic E-state index is 5.81. The summed E-state index contributed by atoms with van der Waals surface area (Å²) in [5, 5.41) is 0. The molecule has 0 radical (unpaired) electrons. The van der Waals surface area contributed by atoms with Gasteiger partial charge in [0.05, 0.1) is 5.69 Å². The highest BCUT2D eigenvalue weighted by molar-refractivity contribution is 6.98. The second kappa shape index (κ2) is 11.5. The summed E-state index contributed by atoms with van der Waals surface area (Å²) >= 11 is 0. The van der Waals surface area contributed by atoms with Gasteiger partial charge in [0.25, 0.3) is 6.71 Å². The van der Waals surface area contributed by atoms with Crippen LogP contribution in [-0.2, 0) is 27.1 Å². The van der Waals surface area contributed by atoms with E-state index >= 15 is 0 Å². The zero-order valence-electron chi connectivity index (χ0n) is 34.8. The molecule has 280 valence electrons. The van der Waals surface area contributed by atoms with Crippen LogP contribution in [0, 0.1) is 0 Å². The van der Waals surface area contributed by atoms with E-state index in [2.05, 4.69) is 194 Å². The van der Waals surface area contributed by atoms with Crippen LogP contribution in [0.2, 0.25) is 0 Å². The molecule has 4 aliphatic rings. The first-order valence-corrected chi connectivity index (χ1v) is 20.6. The Morgan fingerprint density at radius 1 is 0.518 bits per heavy atom. The smallest absolute Gasteiger partial charge is 0.251 e. The van der Waals surface area contributed by atoms with E-state index in [1.807, 2.05) is 0 Å². The van der Waals surface area contributed by atoms with Gasteiger partial charge in [-0.3, -0.25) is 9.80 Å². The van der Waals surface area contributed by atoms with Gasteiger partial charge in [0.15, 0.2) is 0 Å². The number of aromatic nitrogens is 2. The average Bonchev–Trinajstić information content (AvgIpc) is 3.46. The minimum atomic E-state index is -0.376. The van der Waals surface area contributed by atoms with Crippen LogP contribution in [0.3, 0.4) is 0 Å². The molecule has 0 spiro atoms.